The van der Waals surface area contributed by atoms with Gasteiger partial charge in [0.25, 0.3) is 0 Å². The Morgan fingerprint density at radius 2 is 2.23 bits per heavy atom. The lowest BCUT2D eigenvalue weighted by Crippen LogP contribution is -2.21. The van der Waals surface area contributed by atoms with Crippen molar-refractivity contribution in [2.45, 2.75) is 18.8 Å². The van der Waals surface area contributed by atoms with Crippen molar-refractivity contribution in [3.63, 3.8) is 0 Å². The van der Waals surface area contributed by atoms with Crippen LogP contribution in [0, 0.1) is 4.77 Å². The number of aromatic amines is 1. The molecule has 0 atom stereocenters. The van der Waals surface area contributed by atoms with Crippen LogP contribution in [-0.2, 0) is 4.74 Å². The topological polar surface area (TPSA) is 68.9 Å². The van der Waals surface area contributed by atoms with Crippen LogP contribution in [0.1, 0.15) is 24.6 Å². The Bertz CT molecular complexity index is 339. The van der Waals surface area contributed by atoms with Crippen LogP contribution in [0.5, 0.6) is 0 Å². The van der Waals surface area contributed by atoms with Gasteiger partial charge in [-0.05, 0) is 25.1 Å². The van der Waals surface area contributed by atoms with E-state index in [0.29, 0.717) is 10.7 Å². The first-order valence-corrected chi connectivity index (χ1v) is 4.70. The second-order valence-corrected chi connectivity index (χ2v) is 3.53. The molecular formula is C7H12N4OS. The van der Waals surface area contributed by atoms with E-state index in [0.717, 1.165) is 31.9 Å². The zero-order valence-corrected chi connectivity index (χ0v) is 8.01. The molecule has 6 heteroatoms. The minimum Gasteiger partial charge on any atom is -0.381 e. The van der Waals surface area contributed by atoms with E-state index in [9.17, 15) is 0 Å². The van der Waals surface area contributed by atoms with E-state index in [-0.39, 0.29) is 0 Å². The van der Waals surface area contributed by atoms with Crippen LogP contribution in [0.2, 0.25) is 0 Å². The molecule has 5 nitrogen and oxygen atoms in total. The Kier molecular flexibility index (Phi) is 2.32. The molecule has 0 aliphatic carbocycles. The lowest BCUT2D eigenvalue weighted by molar-refractivity contribution is 0.0831. The van der Waals surface area contributed by atoms with Crippen LogP contribution in [0.15, 0.2) is 0 Å². The fourth-order valence-corrected chi connectivity index (χ4v) is 1.70. The lowest BCUT2D eigenvalue weighted by atomic mass is 10.00. The second-order valence-electron chi connectivity index (χ2n) is 3.14. The number of rotatable bonds is 1. The highest BCUT2D eigenvalue weighted by Crippen LogP contribution is 2.23. The summed E-state index contributed by atoms with van der Waals surface area (Å²) in [6, 6.07) is 0. The standard InChI is InChI=1S/C7H12N4OS/c8-11-6(9-10-7(11)13)5-1-3-12-4-2-5/h5H,1-4,8H2,(H,10,13). The number of ether oxygens (including phenoxy) is 1. The molecule has 72 valence electrons. The van der Waals surface area contributed by atoms with Gasteiger partial charge in [-0.25, -0.2) is 4.68 Å². The van der Waals surface area contributed by atoms with Crippen molar-refractivity contribution in [2.75, 3.05) is 19.1 Å². The summed E-state index contributed by atoms with van der Waals surface area (Å²) in [7, 11) is 0. The summed E-state index contributed by atoms with van der Waals surface area (Å²) >= 11 is 4.93. The predicted octanol–water partition coefficient (Wildman–Crippen LogP) is 0.548. The third-order valence-electron chi connectivity index (χ3n) is 2.32. The number of hydrogen-bond acceptors (Lipinski definition) is 4. The first kappa shape index (κ1) is 8.71. The molecule has 1 fully saturated rings. The van der Waals surface area contributed by atoms with E-state index in [1.807, 2.05) is 0 Å². The largest absolute Gasteiger partial charge is 0.381 e. The molecule has 1 aromatic rings. The zero-order valence-electron chi connectivity index (χ0n) is 7.19. The lowest BCUT2D eigenvalue weighted by Gasteiger charge is -2.20. The molecule has 2 heterocycles. The number of nitrogens with two attached hydrogens (primary N) is 1. The summed E-state index contributed by atoms with van der Waals surface area (Å²) in [6.45, 7) is 1.56. The molecular weight excluding hydrogens is 188 g/mol. The van der Waals surface area contributed by atoms with Gasteiger partial charge in [0.1, 0.15) is 0 Å². The second kappa shape index (κ2) is 3.47. The molecule has 1 aliphatic rings. The number of H-pyrrole nitrogens is 1. The summed E-state index contributed by atoms with van der Waals surface area (Å²) in [5.41, 5.74) is 0. The Hall–Kier alpha value is -0.880. The average molecular weight is 200 g/mol. The summed E-state index contributed by atoms with van der Waals surface area (Å²) in [6.07, 6.45) is 1.94. The molecule has 0 radical (unpaired) electrons. The molecule has 13 heavy (non-hydrogen) atoms. The van der Waals surface area contributed by atoms with E-state index >= 15 is 0 Å². The third kappa shape index (κ3) is 1.59. The van der Waals surface area contributed by atoms with Gasteiger partial charge in [-0.1, -0.05) is 0 Å². The van der Waals surface area contributed by atoms with Gasteiger partial charge < -0.3 is 10.6 Å². The van der Waals surface area contributed by atoms with Crippen LogP contribution >= 0.6 is 12.2 Å². The SMILES string of the molecule is Nn1c(C2CCOCC2)n[nH]c1=S. The molecule has 0 saturated carbocycles. The number of nitrogens with zero attached hydrogens (tertiary/aromatic N) is 2. The molecule has 1 saturated heterocycles. The smallest absolute Gasteiger partial charge is 0.214 e. The number of aromatic nitrogens is 3. The van der Waals surface area contributed by atoms with Crippen molar-refractivity contribution in [1.29, 1.82) is 0 Å². The van der Waals surface area contributed by atoms with Crippen molar-refractivity contribution in [1.82, 2.24) is 14.9 Å². The molecule has 3 N–H and O–H groups in total. The van der Waals surface area contributed by atoms with Crippen LogP contribution in [0.25, 0.3) is 0 Å². The molecule has 1 aromatic heterocycles. The zero-order chi connectivity index (χ0) is 9.26. The minimum absolute atomic E-state index is 0.381. The molecule has 0 spiro atoms. The van der Waals surface area contributed by atoms with Crippen LogP contribution in [0.4, 0.5) is 0 Å². The van der Waals surface area contributed by atoms with E-state index in [2.05, 4.69) is 10.2 Å². The Balaban J connectivity index is 2.23. The van der Waals surface area contributed by atoms with Crippen molar-refractivity contribution >= 4 is 12.2 Å². The first-order chi connectivity index (χ1) is 6.29. The summed E-state index contributed by atoms with van der Waals surface area (Å²) in [5.74, 6) is 6.93. The Morgan fingerprint density at radius 1 is 1.54 bits per heavy atom. The average Bonchev–Trinajstić information content (AvgIpc) is 2.49. The van der Waals surface area contributed by atoms with Crippen molar-refractivity contribution in [3.8, 4) is 0 Å². The third-order valence-corrected chi connectivity index (χ3v) is 2.61. The highest BCUT2D eigenvalue weighted by molar-refractivity contribution is 7.71. The van der Waals surface area contributed by atoms with Gasteiger partial charge >= 0.3 is 0 Å². The molecule has 1 aliphatic heterocycles. The fraction of sp³-hybridized carbons (Fsp3) is 0.714. The van der Waals surface area contributed by atoms with E-state index in [1.54, 1.807) is 0 Å². The van der Waals surface area contributed by atoms with Crippen LogP contribution < -0.4 is 5.84 Å². The van der Waals surface area contributed by atoms with Gasteiger partial charge in [0, 0.05) is 19.1 Å². The van der Waals surface area contributed by atoms with Crippen molar-refractivity contribution in [3.05, 3.63) is 10.6 Å². The van der Waals surface area contributed by atoms with E-state index in [1.165, 1.54) is 4.68 Å². The molecule has 0 aromatic carbocycles. The maximum absolute atomic E-state index is 5.71. The van der Waals surface area contributed by atoms with Gasteiger partial charge in [0.15, 0.2) is 5.82 Å². The van der Waals surface area contributed by atoms with E-state index < -0.39 is 0 Å². The quantitative estimate of drug-likeness (QED) is 0.513. The maximum atomic E-state index is 5.71. The van der Waals surface area contributed by atoms with Gasteiger partial charge in [0.05, 0.1) is 0 Å². The first-order valence-electron chi connectivity index (χ1n) is 4.29. The Morgan fingerprint density at radius 3 is 2.77 bits per heavy atom. The van der Waals surface area contributed by atoms with Crippen molar-refractivity contribution < 1.29 is 4.74 Å². The maximum Gasteiger partial charge on any atom is 0.214 e. The molecule has 2 rings (SSSR count). The van der Waals surface area contributed by atoms with Crippen LogP contribution in [0.3, 0.4) is 0 Å². The van der Waals surface area contributed by atoms with Gasteiger partial charge in [-0.2, -0.15) is 5.10 Å². The van der Waals surface area contributed by atoms with Gasteiger partial charge in [-0.3, -0.25) is 5.10 Å². The monoisotopic (exact) mass is 200 g/mol. The number of hydrogen-bond donors (Lipinski definition) is 2. The highest BCUT2D eigenvalue weighted by atomic mass is 32.1. The fourth-order valence-electron chi connectivity index (χ4n) is 1.56. The molecule has 0 unspecified atom stereocenters. The summed E-state index contributed by atoms with van der Waals surface area (Å²) in [4.78, 5) is 0. The number of nitrogen functional groups attached to an aromatic ring is 1. The summed E-state index contributed by atoms with van der Waals surface area (Å²) in [5, 5.41) is 6.79. The van der Waals surface area contributed by atoms with E-state index in [4.69, 9.17) is 22.8 Å². The Labute approximate surface area is 80.9 Å². The van der Waals surface area contributed by atoms with Gasteiger partial charge in [-0.15, -0.1) is 0 Å². The highest BCUT2D eigenvalue weighted by Gasteiger charge is 2.20. The minimum atomic E-state index is 0.381. The molecule has 0 bridgehead atoms. The van der Waals surface area contributed by atoms with Gasteiger partial charge in [0.2, 0.25) is 4.77 Å². The van der Waals surface area contributed by atoms with Crippen LogP contribution in [-0.4, -0.2) is 28.1 Å². The summed E-state index contributed by atoms with van der Waals surface area (Å²) < 4.78 is 7.18. The normalized spacial score (nSPS) is 19.1. The predicted molar refractivity (Wildman–Crippen MR) is 50.4 cm³/mol. The molecule has 0 amide bonds. The van der Waals surface area contributed by atoms with Crippen molar-refractivity contribution in [2.24, 2.45) is 0 Å². The number of nitrogens with one attached hydrogen (secondary N) is 1.